The average Bonchev–Trinajstić information content (AvgIpc) is 2.43. The zero-order valence-corrected chi connectivity index (χ0v) is 14.0. The van der Waals surface area contributed by atoms with Crippen LogP contribution < -0.4 is 0 Å². The van der Waals surface area contributed by atoms with E-state index in [2.05, 4.69) is 23.9 Å². The summed E-state index contributed by atoms with van der Waals surface area (Å²) in [6.45, 7) is 8.36. The van der Waals surface area contributed by atoms with Gasteiger partial charge in [0.05, 0.1) is 5.57 Å². The van der Waals surface area contributed by atoms with Crippen LogP contribution in [0, 0.1) is 0 Å². The molecule has 0 fully saturated rings. The molecule has 2 N–H and O–H groups in total. The molecule has 0 aromatic heterocycles. The smallest absolute Gasteiger partial charge is 0.225 e. The summed E-state index contributed by atoms with van der Waals surface area (Å²) >= 11 is 5.95. The summed E-state index contributed by atoms with van der Waals surface area (Å²) in [5.74, 6) is 0. The largest absolute Gasteiger partial charge is 0.392 e. The first kappa shape index (κ1) is 19.9. The van der Waals surface area contributed by atoms with E-state index in [0.29, 0.717) is 12.1 Å². The lowest BCUT2D eigenvalue weighted by atomic mass is 10.3. The first-order chi connectivity index (χ1) is 9.94. The fourth-order valence-electron chi connectivity index (χ4n) is 1.73. The minimum atomic E-state index is -0.622. The highest BCUT2D eigenvalue weighted by molar-refractivity contribution is 6.71. The molecule has 0 aromatic rings. The van der Waals surface area contributed by atoms with Crippen LogP contribution >= 0.6 is 11.6 Å². The van der Waals surface area contributed by atoms with Gasteiger partial charge in [0, 0.05) is 6.54 Å². The second-order valence-electron chi connectivity index (χ2n) is 4.67. The van der Waals surface area contributed by atoms with E-state index in [1.807, 2.05) is 0 Å². The predicted molar refractivity (Wildman–Crippen MR) is 85.4 cm³/mol. The highest BCUT2D eigenvalue weighted by Crippen LogP contribution is 2.02. The normalized spacial score (nSPS) is 15.5. The van der Waals surface area contributed by atoms with Crippen molar-refractivity contribution in [1.29, 1.82) is 0 Å². The third-order valence-corrected chi connectivity index (χ3v) is 3.03. The second kappa shape index (κ2) is 11.5. The Bertz CT molecular complexity index is 380. The molecule has 0 spiro atoms. The van der Waals surface area contributed by atoms with Gasteiger partial charge in [-0.25, -0.2) is 0 Å². The van der Waals surface area contributed by atoms with E-state index in [1.54, 1.807) is 13.0 Å². The highest BCUT2D eigenvalue weighted by Gasteiger charge is 2.11. The van der Waals surface area contributed by atoms with Gasteiger partial charge in [-0.15, -0.1) is 0 Å². The van der Waals surface area contributed by atoms with Gasteiger partial charge in [0.25, 0.3) is 0 Å². The van der Waals surface area contributed by atoms with Gasteiger partial charge in [0.15, 0.2) is 12.2 Å². The lowest BCUT2D eigenvalue weighted by Crippen LogP contribution is -2.35. The van der Waals surface area contributed by atoms with Crippen LogP contribution in [0.1, 0.15) is 27.2 Å². The summed E-state index contributed by atoms with van der Waals surface area (Å²) < 4.78 is 0.881. The number of hydrogen-bond acceptors (Lipinski definition) is 5. The van der Waals surface area contributed by atoms with Crippen molar-refractivity contribution in [2.75, 3.05) is 33.3 Å². The summed E-state index contributed by atoms with van der Waals surface area (Å²) in [5.41, 5.74) is 0.525. The Morgan fingerprint density at radius 2 is 2.14 bits per heavy atom. The summed E-state index contributed by atoms with van der Waals surface area (Å²) in [4.78, 5) is 7.21. The fourth-order valence-corrected chi connectivity index (χ4v) is 1.93. The maximum atomic E-state index is 9.88. The zero-order chi connectivity index (χ0) is 16.3. The van der Waals surface area contributed by atoms with E-state index in [0.717, 1.165) is 24.2 Å². The highest BCUT2D eigenvalue weighted by atomic mass is 35.5. The topological polar surface area (TPSA) is 68.3 Å². The fraction of sp³-hybridized carbons (Fsp3) is 0.714. The molecule has 0 rings (SSSR count). The molecule has 0 aliphatic heterocycles. The Labute approximate surface area is 131 Å². The minimum absolute atomic E-state index is 0.0718. The van der Waals surface area contributed by atoms with Crippen molar-refractivity contribution in [1.82, 2.24) is 4.90 Å². The van der Waals surface area contributed by atoms with Gasteiger partial charge in [-0.3, -0.25) is 5.21 Å². The van der Waals surface area contributed by atoms with Gasteiger partial charge in [-0.1, -0.05) is 36.7 Å². The molecular formula is C14H27ClN3O3+. The van der Waals surface area contributed by atoms with Crippen LogP contribution in [0.2, 0.25) is 0 Å². The molecule has 0 aromatic carbocycles. The number of hydroxylamine groups is 1. The van der Waals surface area contributed by atoms with Crippen molar-refractivity contribution in [2.45, 2.75) is 33.3 Å². The quantitative estimate of drug-likeness (QED) is 0.278. The van der Waals surface area contributed by atoms with Crippen LogP contribution in [0.15, 0.2) is 16.8 Å². The SMILES string of the molecule is C/C=C(\C=[N+](/C)O)C(/Cl)=N/OC[C@H](O)CN(CC)CCC. The average molecular weight is 321 g/mol. The van der Waals surface area contributed by atoms with Crippen LogP contribution in [0.3, 0.4) is 0 Å². The van der Waals surface area contributed by atoms with E-state index in [9.17, 15) is 5.11 Å². The molecule has 0 unspecified atom stereocenters. The number of rotatable bonds is 10. The zero-order valence-electron chi connectivity index (χ0n) is 13.3. The Balaban J connectivity index is 4.33. The Hall–Kier alpha value is -1.11. The van der Waals surface area contributed by atoms with E-state index in [-0.39, 0.29) is 11.8 Å². The van der Waals surface area contributed by atoms with Gasteiger partial charge in [0.1, 0.15) is 12.7 Å². The first-order valence-electron chi connectivity index (χ1n) is 7.13. The first-order valence-corrected chi connectivity index (χ1v) is 7.51. The molecule has 0 bridgehead atoms. The Morgan fingerprint density at radius 3 is 2.62 bits per heavy atom. The van der Waals surface area contributed by atoms with Crippen LogP contribution in [0.5, 0.6) is 0 Å². The lowest BCUT2D eigenvalue weighted by Gasteiger charge is -2.22. The summed E-state index contributed by atoms with van der Waals surface area (Å²) in [6, 6.07) is 0. The van der Waals surface area contributed by atoms with E-state index < -0.39 is 6.10 Å². The number of likely N-dealkylation sites (N-methyl/N-ethyl adjacent to an activating group) is 1. The van der Waals surface area contributed by atoms with E-state index in [1.165, 1.54) is 13.3 Å². The summed E-state index contributed by atoms with van der Waals surface area (Å²) in [7, 11) is 1.46. The van der Waals surface area contributed by atoms with Crippen molar-refractivity contribution in [3.05, 3.63) is 11.6 Å². The molecule has 7 heteroatoms. The summed E-state index contributed by atoms with van der Waals surface area (Å²) in [5, 5.41) is 22.9. The number of halogens is 1. The number of nitrogens with zero attached hydrogens (tertiary/aromatic N) is 3. The predicted octanol–water partition coefficient (Wildman–Crippen LogP) is 1.70. The monoisotopic (exact) mass is 320 g/mol. The molecule has 0 saturated carbocycles. The van der Waals surface area contributed by atoms with Crippen molar-refractivity contribution in [3.8, 4) is 0 Å². The number of oxime groups is 1. The molecule has 122 valence electrons. The number of allylic oxidation sites excluding steroid dienone is 2. The molecule has 1 atom stereocenters. The van der Waals surface area contributed by atoms with Crippen LogP contribution in [-0.2, 0) is 4.84 Å². The number of hydrogen-bond donors (Lipinski definition) is 2. The summed E-state index contributed by atoms with van der Waals surface area (Å²) in [6.07, 6.45) is 3.52. The molecular weight excluding hydrogens is 294 g/mol. The van der Waals surface area contributed by atoms with Crippen molar-refractivity contribution in [3.63, 3.8) is 0 Å². The van der Waals surface area contributed by atoms with Crippen LogP contribution in [0.4, 0.5) is 0 Å². The van der Waals surface area contributed by atoms with Gasteiger partial charge in [0.2, 0.25) is 6.21 Å². The number of aliphatic hydroxyl groups excluding tert-OH is 1. The maximum absolute atomic E-state index is 9.88. The van der Waals surface area contributed by atoms with Crippen LogP contribution in [-0.4, -0.2) is 70.7 Å². The third kappa shape index (κ3) is 9.44. The Kier molecular flexibility index (Phi) is 10.9. The molecule has 0 radical (unpaired) electrons. The molecule has 0 saturated heterocycles. The molecule has 0 aliphatic carbocycles. The van der Waals surface area contributed by atoms with Gasteiger partial charge < -0.3 is 14.8 Å². The standard InChI is InChI=1S/C14H27ClN3O3/c1-5-8-18(7-3)10-13(19)11-21-16-14(15)12(6-2)9-17(4)20/h6,9,13,19-20H,5,7-8,10-11H2,1-4H3/q+1/b12-6+,16-14-,17-9+/t13-/m1/s1. The maximum Gasteiger partial charge on any atom is 0.225 e. The molecule has 6 nitrogen and oxygen atoms in total. The second-order valence-corrected chi connectivity index (χ2v) is 5.03. The van der Waals surface area contributed by atoms with Crippen molar-refractivity contribution < 1.29 is 19.9 Å². The van der Waals surface area contributed by atoms with Gasteiger partial charge in [-0.05, 0) is 31.2 Å². The van der Waals surface area contributed by atoms with Crippen molar-refractivity contribution >= 4 is 23.0 Å². The third-order valence-electron chi connectivity index (χ3n) is 2.74. The molecule has 0 aliphatic rings. The minimum Gasteiger partial charge on any atom is -0.392 e. The molecule has 21 heavy (non-hydrogen) atoms. The van der Waals surface area contributed by atoms with Crippen LogP contribution in [0.25, 0.3) is 0 Å². The number of aliphatic hydroxyl groups is 1. The molecule has 0 amide bonds. The van der Waals surface area contributed by atoms with E-state index >= 15 is 0 Å². The van der Waals surface area contributed by atoms with Gasteiger partial charge in [-0.2, -0.15) is 0 Å². The Morgan fingerprint density at radius 1 is 1.48 bits per heavy atom. The van der Waals surface area contributed by atoms with E-state index in [4.69, 9.17) is 21.6 Å². The van der Waals surface area contributed by atoms with Crippen molar-refractivity contribution in [2.24, 2.45) is 5.16 Å². The lowest BCUT2D eigenvalue weighted by molar-refractivity contribution is -0.750. The van der Waals surface area contributed by atoms with Gasteiger partial charge >= 0.3 is 0 Å². The molecule has 0 heterocycles.